The molecule has 0 aliphatic carbocycles. The molecule has 6 nitrogen and oxygen atoms in total. The van der Waals surface area contributed by atoms with E-state index in [0.29, 0.717) is 29.4 Å². The van der Waals surface area contributed by atoms with E-state index >= 15 is 0 Å². The minimum absolute atomic E-state index is 0.220. The van der Waals surface area contributed by atoms with Gasteiger partial charge in [-0.2, -0.15) is 0 Å². The molecule has 0 fully saturated rings. The van der Waals surface area contributed by atoms with Gasteiger partial charge in [0.15, 0.2) is 16.7 Å². The van der Waals surface area contributed by atoms with Crippen LogP contribution in [0.5, 0.6) is 11.5 Å². The van der Waals surface area contributed by atoms with Crippen LogP contribution in [0.4, 0.5) is 20.2 Å². The van der Waals surface area contributed by atoms with Crippen molar-refractivity contribution in [3.63, 3.8) is 0 Å². The zero-order valence-electron chi connectivity index (χ0n) is 17.3. The molecule has 3 aromatic rings. The highest BCUT2D eigenvalue weighted by molar-refractivity contribution is 7.80. The molecular formula is C23H22F2N4O2S. The zero-order chi connectivity index (χ0) is 22.9. The first-order valence-corrected chi connectivity index (χ1v) is 10.4. The number of anilines is 2. The quantitative estimate of drug-likeness (QED) is 0.307. The summed E-state index contributed by atoms with van der Waals surface area (Å²) in [6.45, 7) is 2.65. The van der Waals surface area contributed by atoms with Gasteiger partial charge in [0.25, 0.3) is 5.91 Å². The van der Waals surface area contributed by atoms with E-state index in [4.69, 9.17) is 17.0 Å². The maximum atomic E-state index is 13.3. The van der Waals surface area contributed by atoms with Crippen molar-refractivity contribution >= 4 is 34.6 Å². The average molecular weight is 457 g/mol. The summed E-state index contributed by atoms with van der Waals surface area (Å²) in [7, 11) is 0. The van der Waals surface area contributed by atoms with Gasteiger partial charge in [-0.25, -0.2) is 8.78 Å². The summed E-state index contributed by atoms with van der Waals surface area (Å²) in [6, 6.07) is 13.6. The van der Waals surface area contributed by atoms with Gasteiger partial charge in [-0.15, -0.1) is 0 Å². The first kappa shape index (κ1) is 23.1. The second-order valence-corrected chi connectivity index (χ2v) is 7.23. The van der Waals surface area contributed by atoms with Crippen molar-refractivity contribution in [3.05, 3.63) is 78.1 Å². The fourth-order valence-corrected chi connectivity index (χ4v) is 2.91. The number of unbranched alkanes of at least 4 members (excludes halogenated alkanes) is 1. The first-order chi connectivity index (χ1) is 15.4. The fourth-order valence-electron chi connectivity index (χ4n) is 2.68. The molecule has 0 aliphatic heterocycles. The van der Waals surface area contributed by atoms with E-state index in [-0.39, 0.29) is 16.7 Å². The minimum Gasteiger partial charge on any atom is -0.457 e. The van der Waals surface area contributed by atoms with Gasteiger partial charge in [0.05, 0.1) is 0 Å². The smallest absolute Gasteiger partial charge is 0.270 e. The molecule has 0 atom stereocenters. The summed E-state index contributed by atoms with van der Waals surface area (Å²) in [5, 5.41) is 8.77. The van der Waals surface area contributed by atoms with Gasteiger partial charge >= 0.3 is 0 Å². The van der Waals surface area contributed by atoms with Gasteiger partial charge in [0, 0.05) is 36.2 Å². The van der Waals surface area contributed by atoms with Crippen molar-refractivity contribution in [1.29, 1.82) is 0 Å². The number of benzene rings is 2. The van der Waals surface area contributed by atoms with Gasteiger partial charge in [0.1, 0.15) is 17.2 Å². The second kappa shape index (κ2) is 11.1. The summed E-state index contributed by atoms with van der Waals surface area (Å²) in [4.78, 5) is 16.2. The molecule has 32 heavy (non-hydrogen) atoms. The highest BCUT2D eigenvalue weighted by Crippen LogP contribution is 2.23. The zero-order valence-corrected chi connectivity index (χ0v) is 18.1. The lowest BCUT2D eigenvalue weighted by Crippen LogP contribution is -2.25. The van der Waals surface area contributed by atoms with Crippen molar-refractivity contribution in [3.8, 4) is 11.5 Å². The molecule has 0 bridgehead atoms. The summed E-state index contributed by atoms with van der Waals surface area (Å²) in [5.74, 6) is -1.10. The minimum atomic E-state index is -0.961. The predicted molar refractivity (Wildman–Crippen MR) is 124 cm³/mol. The number of carbonyl (C=O) groups excluding carboxylic acids is 1. The summed E-state index contributed by atoms with van der Waals surface area (Å²) >= 11 is 5.19. The van der Waals surface area contributed by atoms with Crippen molar-refractivity contribution in [2.75, 3.05) is 17.2 Å². The number of halogens is 2. The van der Waals surface area contributed by atoms with Crippen molar-refractivity contribution in [1.82, 2.24) is 10.3 Å². The Kier molecular flexibility index (Phi) is 8.04. The van der Waals surface area contributed by atoms with Crippen LogP contribution in [0, 0.1) is 11.6 Å². The SMILES string of the molecule is CCCCNC(=O)c1cc(Oc2ccc(NC(=S)Nc3ccc(F)c(F)c3)cc2)ccn1. The summed E-state index contributed by atoms with van der Waals surface area (Å²) in [6.07, 6.45) is 3.41. The molecule has 3 N–H and O–H groups in total. The number of amides is 1. The standard InChI is InChI=1S/C23H22F2N4O2S/c1-2-3-11-27-22(30)21-14-18(10-12-26-21)31-17-7-4-15(5-8-17)28-23(32)29-16-6-9-19(24)20(25)13-16/h4-10,12-14H,2-3,11H2,1H3,(H,27,30)(H2,28,29,32). The Bertz CT molecular complexity index is 1090. The van der Waals surface area contributed by atoms with Crippen molar-refractivity contribution in [2.45, 2.75) is 19.8 Å². The van der Waals surface area contributed by atoms with Crippen LogP contribution in [0.25, 0.3) is 0 Å². The van der Waals surface area contributed by atoms with Crippen LogP contribution < -0.4 is 20.7 Å². The second-order valence-electron chi connectivity index (χ2n) is 6.82. The van der Waals surface area contributed by atoms with E-state index < -0.39 is 11.6 Å². The third kappa shape index (κ3) is 6.71. The Hall–Kier alpha value is -3.59. The molecule has 0 saturated carbocycles. The van der Waals surface area contributed by atoms with Crippen molar-refractivity contribution < 1.29 is 18.3 Å². The number of nitrogens with one attached hydrogen (secondary N) is 3. The van der Waals surface area contributed by atoms with E-state index in [0.717, 1.165) is 25.0 Å². The number of aromatic nitrogens is 1. The lowest BCUT2D eigenvalue weighted by Gasteiger charge is -2.12. The third-order valence-corrected chi connectivity index (χ3v) is 4.51. The Labute approximate surface area is 190 Å². The van der Waals surface area contributed by atoms with E-state index in [9.17, 15) is 13.6 Å². The summed E-state index contributed by atoms with van der Waals surface area (Å²) in [5.41, 5.74) is 1.28. The van der Waals surface area contributed by atoms with E-state index in [1.165, 1.54) is 12.3 Å². The van der Waals surface area contributed by atoms with Crippen LogP contribution in [-0.4, -0.2) is 22.5 Å². The summed E-state index contributed by atoms with van der Waals surface area (Å²) < 4.78 is 32.1. The highest BCUT2D eigenvalue weighted by Gasteiger charge is 2.09. The number of hydrogen-bond acceptors (Lipinski definition) is 4. The van der Waals surface area contributed by atoms with Crippen LogP contribution in [0.3, 0.4) is 0 Å². The number of rotatable bonds is 8. The van der Waals surface area contributed by atoms with Crippen LogP contribution >= 0.6 is 12.2 Å². The van der Waals surface area contributed by atoms with Gasteiger partial charge in [-0.1, -0.05) is 13.3 Å². The first-order valence-electron chi connectivity index (χ1n) is 10.00. The molecule has 2 aromatic carbocycles. The highest BCUT2D eigenvalue weighted by atomic mass is 32.1. The molecule has 0 unspecified atom stereocenters. The topological polar surface area (TPSA) is 75.3 Å². The number of ether oxygens (including phenoxy) is 1. The molecule has 9 heteroatoms. The largest absolute Gasteiger partial charge is 0.457 e. The van der Waals surface area contributed by atoms with Gasteiger partial charge in [0.2, 0.25) is 0 Å². The number of carbonyl (C=O) groups is 1. The van der Waals surface area contributed by atoms with Crippen LogP contribution in [-0.2, 0) is 0 Å². The number of hydrogen-bond donors (Lipinski definition) is 3. The Morgan fingerprint density at radius 3 is 2.41 bits per heavy atom. The van der Waals surface area contributed by atoms with Crippen LogP contribution in [0.15, 0.2) is 60.8 Å². The van der Waals surface area contributed by atoms with Gasteiger partial charge < -0.3 is 20.7 Å². The van der Waals surface area contributed by atoms with E-state index in [2.05, 4.69) is 27.9 Å². The normalized spacial score (nSPS) is 10.3. The van der Waals surface area contributed by atoms with E-state index in [1.54, 1.807) is 36.4 Å². The molecule has 1 aromatic heterocycles. The fraction of sp³-hybridized carbons (Fsp3) is 0.174. The third-order valence-electron chi connectivity index (χ3n) is 4.31. The van der Waals surface area contributed by atoms with Gasteiger partial charge in [-0.3, -0.25) is 9.78 Å². The number of thiocarbonyl (C=S) groups is 1. The molecule has 1 heterocycles. The Morgan fingerprint density at radius 1 is 0.969 bits per heavy atom. The maximum absolute atomic E-state index is 13.3. The molecule has 0 radical (unpaired) electrons. The van der Waals surface area contributed by atoms with Crippen LogP contribution in [0.2, 0.25) is 0 Å². The lowest BCUT2D eigenvalue weighted by atomic mass is 10.3. The maximum Gasteiger partial charge on any atom is 0.270 e. The molecule has 1 amide bonds. The van der Waals surface area contributed by atoms with E-state index in [1.807, 2.05) is 0 Å². The lowest BCUT2D eigenvalue weighted by molar-refractivity contribution is 0.0948. The molecule has 0 spiro atoms. The number of pyridine rings is 1. The van der Waals surface area contributed by atoms with Crippen LogP contribution in [0.1, 0.15) is 30.3 Å². The monoisotopic (exact) mass is 456 g/mol. The Balaban J connectivity index is 1.56. The van der Waals surface area contributed by atoms with Crippen molar-refractivity contribution in [2.24, 2.45) is 0 Å². The Morgan fingerprint density at radius 2 is 1.69 bits per heavy atom. The number of nitrogens with zero attached hydrogens (tertiary/aromatic N) is 1. The van der Waals surface area contributed by atoms with Gasteiger partial charge in [-0.05, 0) is 61.1 Å². The molecular weight excluding hydrogens is 434 g/mol. The molecule has 0 saturated heterocycles. The molecule has 0 aliphatic rings. The predicted octanol–water partition coefficient (Wildman–Crippen LogP) is 5.49. The molecule has 3 rings (SSSR count). The average Bonchev–Trinajstić information content (AvgIpc) is 2.78. The molecule has 166 valence electrons.